The summed E-state index contributed by atoms with van der Waals surface area (Å²) in [5.41, 5.74) is 2.99. The van der Waals surface area contributed by atoms with Crippen LogP contribution in [-0.4, -0.2) is 18.4 Å². The number of hydrogen-bond acceptors (Lipinski definition) is 7. The summed E-state index contributed by atoms with van der Waals surface area (Å²) in [4.78, 5) is 8.14. The number of anilines is 1. The van der Waals surface area contributed by atoms with Crippen LogP contribution in [0.15, 0.2) is 28.6 Å². The van der Waals surface area contributed by atoms with Gasteiger partial charge in [-0.2, -0.15) is 0 Å². The van der Waals surface area contributed by atoms with Crippen LogP contribution in [0, 0.1) is 6.92 Å². The Morgan fingerprint density at radius 1 is 1.47 bits per heavy atom. The van der Waals surface area contributed by atoms with E-state index >= 15 is 0 Å². The highest BCUT2D eigenvalue weighted by atomic mass is 32.2. The highest BCUT2D eigenvalue weighted by Crippen LogP contribution is 2.13. The average molecular weight is 299 g/mol. The monoisotopic (exact) mass is 299 g/mol. The summed E-state index contributed by atoms with van der Waals surface area (Å²) >= 11 is 1.47. The van der Waals surface area contributed by atoms with Crippen LogP contribution in [0.25, 0.3) is 0 Å². The summed E-state index contributed by atoms with van der Waals surface area (Å²) in [5, 5.41) is 2.71. The zero-order valence-corrected chi connectivity index (χ0v) is 11.8. The number of sulfonamides is 1. The molecule has 0 radical (unpaired) electrons. The third kappa shape index (κ3) is 3.47. The van der Waals surface area contributed by atoms with Gasteiger partial charge in [-0.15, -0.1) is 11.3 Å². The number of nitrogen functional groups attached to an aromatic ring is 1. The van der Waals surface area contributed by atoms with Gasteiger partial charge in [-0.1, -0.05) is 0 Å². The molecule has 102 valence electrons. The van der Waals surface area contributed by atoms with Crippen LogP contribution in [0.5, 0.6) is 0 Å². The molecule has 0 unspecified atom stereocenters. The maximum atomic E-state index is 12.0. The van der Waals surface area contributed by atoms with Gasteiger partial charge in [-0.25, -0.2) is 29.0 Å². The number of nitrogens with zero attached hydrogens (tertiary/aromatic N) is 2. The van der Waals surface area contributed by atoms with E-state index in [0.29, 0.717) is 5.69 Å². The molecule has 0 saturated heterocycles. The summed E-state index contributed by atoms with van der Waals surface area (Å²) in [6.07, 6.45) is 1.37. The van der Waals surface area contributed by atoms with E-state index in [2.05, 4.69) is 20.1 Å². The first-order valence-electron chi connectivity index (χ1n) is 5.34. The summed E-state index contributed by atoms with van der Waals surface area (Å²) in [6.45, 7) is 2.02. The van der Waals surface area contributed by atoms with Gasteiger partial charge in [0.2, 0.25) is 10.0 Å². The Hall–Kier alpha value is -1.55. The van der Waals surface area contributed by atoms with Gasteiger partial charge in [0.15, 0.2) is 0 Å². The SMILES string of the molecule is Cc1nc(CNS(=O)(=O)c2ccnc(NN)c2)cs1. The minimum atomic E-state index is -3.60. The molecule has 2 rings (SSSR count). The predicted molar refractivity (Wildman–Crippen MR) is 72.9 cm³/mol. The second kappa shape index (κ2) is 5.61. The molecule has 2 heterocycles. The maximum Gasteiger partial charge on any atom is 0.241 e. The largest absolute Gasteiger partial charge is 0.308 e. The molecular weight excluding hydrogens is 286 g/mol. The number of nitrogens with one attached hydrogen (secondary N) is 2. The molecule has 9 heteroatoms. The highest BCUT2D eigenvalue weighted by molar-refractivity contribution is 7.89. The van der Waals surface area contributed by atoms with Crippen LogP contribution in [0.3, 0.4) is 0 Å². The fraction of sp³-hybridized carbons (Fsp3) is 0.200. The molecule has 0 aliphatic rings. The smallest absolute Gasteiger partial charge is 0.241 e. The highest BCUT2D eigenvalue weighted by Gasteiger charge is 2.15. The van der Waals surface area contributed by atoms with Crippen molar-refractivity contribution in [1.82, 2.24) is 14.7 Å². The van der Waals surface area contributed by atoms with Crippen molar-refractivity contribution in [3.8, 4) is 0 Å². The molecule has 0 aliphatic carbocycles. The van der Waals surface area contributed by atoms with Gasteiger partial charge in [0.1, 0.15) is 5.82 Å². The molecule has 4 N–H and O–H groups in total. The second-order valence-electron chi connectivity index (χ2n) is 3.70. The molecule has 0 amide bonds. The zero-order chi connectivity index (χ0) is 13.9. The van der Waals surface area contributed by atoms with E-state index in [1.165, 1.54) is 29.7 Å². The molecule has 7 nitrogen and oxygen atoms in total. The van der Waals surface area contributed by atoms with Crippen LogP contribution in [0.1, 0.15) is 10.7 Å². The van der Waals surface area contributed by atoms with E-state index in [9.17, 15) is 8.42 Å². The molecule has 0 saturated carbocycles. The van der Waals surface area contributed by atoms with E-state index in [1.807, 2.05) is 12.3 Å². The van der Waals surface area contributed by atoms with Crippen molar-refractivity contribution in [1.29, 1.82) is 0 Å². The molecule has 0 spiro atoms. The van der Waals surface area contributed by atoms with Crippen molar-refractivity contribution in [2.45, 2.75) is 18.4 Å². The lowest BCUT2D eigenvalue weighted by molar-refractivity contribution is 0.580. The Balaban J connectivity index is 2.13. The Labute approximate surface area is 114 Å². The normalized spacial score (nSPS) is 11.5. The molecule has 2 aromatic rings. The summed E-state index contributed by atoms with van der Waals surface area (Å²) < 4.78 is 26.6. The number of nitrogens with two attached hydrogens (primary N) is 1. The van der Waals surface area contributed by atoms with Crippen molar-refractivity contribution in [3.63, 3.8) is 0 Å². The van der Waals surface area contributed by atoms with Crippen LogP contribution in [0.4, 0.5) is 5.82 Å². The molecule has 0 bridgehead atoms. The lowest BCUT2D eigenvalue weighted by Gasteiger charge is -2.06. The standard InChI is InChI=1S/C10H13N5O2S2/c1-7-14-8(6-18-7)5-13-19(16,17)9-2-3-12-10(4-9)15-11/h2-4,6,13H,5,11H2,1H3,(H,12,15). The topological polar surface area (TPSA) is 110 Å². The molecular formula is C10H13N5O2S2. The van der Waals surface area contributed by atoms with Gasteiger partial charge in [-0.3, -0.25) is 0 Å². The summed E-state index contributed by atoms with van der Waals surface area (Å²) in [5.74, 6) is 5.48. The van der Waals surface area contributed by atoms with Crippen LogP contribution in [-0.2, 0) is 16.6 Å². The average Bonchev–Trinajstić information content (AvgIpc) is 2.82. The summed E-state index contributed by atoms with van der Waals surface area (Å²) in [7, 11) is -3.60. The fourth-order valence-corrected chi connectivity index (χ4v) is 3.02. The lowest BCUT2D eigenvalue weighted by atomic mass is 10.5. The number of aryl methyl sites for hydroxylation is 1. The van der Waals surface area contributed by atoms with E-state index in [1.54, 1.807) is 0 Å². The predicted octanol–water partition coefficient (Wildman–Crippen LogP) is 0.611. The number of rotatable bonds is 5. The van der Waals surface area contributed by atoms with Crippen molar-refractivity contribution in [2.75, 3.05) is 5.43 Å². The van der Waals surface area contributed by atoms with Crippen LogP contribution >= 0.6 is 11.3 Å². The van der Waals surface area contributed by atoms with Gasteiger partial charge < -0.3 is 5.43 Å². The van der Waals surface area contributed by atoms with Gasteiger partial charge in [0, 0.05) is 17.6 Å². The quantitative estimate of drug-likeness (QED) is 0.551. The molecule has 0 aliphatic heterocycles. The van der Waals surface area contributed by atoms with E-state index in [4.69, 9.17) is 5.84 Å². The van der Waals surface area contributed by atoms with E-state index in [-0.39, 0.29) is 17.3 Å². The Kier molecular flexibility index (Phi) is 4.10. The number of thiazole rings is 1. The van der Waals surface area contributed by atoms with Crippen molar-refractivity contribution >= 4 is 27.2 Å². The van der Waals surface area contributed by atoms with Crippen molar-refractivity contribution in [3.05, 3.63) is 34.4 Å². The van der Waals surface area contributed by atoms with Gasteiger partial charge >= 0.3 is 0 Å². The minimum absolute atomic E-state index is 0.0994. The second-order valence-corrected chi connectivity index (χ2v) is 6.53. The third-order valence-corrected chi connectivity index (χ3v) is 4.52. The lowest BCUT2D eigenvalue weighted by Crippen LogP contribution is -2.23. The first kappa shape index (κ1) is 13.9. The maximum absolute atomic E-state index is 12.0. The molecule has 2 aromatic heterocycles. The van der Waals surface area contributed by atoms with Crippen LogP contribution < -0.4 is 16.0 Å². The first-order chi connectivity index (χ1) is 9.01. The minimum Gasteiger partial charge on any atom is -0.308 e. The zero-order valence-electron chi connectivity index (χ0n) is 10.1. The number of hydrogen-bond donors (Lipinski definition) is 3. The molecule has 0 aromatic carbocycles. The van der Waals surface area contributed by atoms with Gasteiger partial charge in [-0.05, 0) is 13.0 Å². The van der Waals surface area contributed by atoms with E-state index < -0.39 is 10.0 Å². The van der Waals surface area contributed by atoms with Gasteiger partial charge in [0.05, 0.1) is 22.1 Å². The summed E-state index contributed by atoms with van der Waals surface area (Å²) in [6, 6.07) is 2.75. The van der Waals surface area contributed by atoms with Crippen molar-refractivity contribution < 1.29 is 8.42 Å². The van der Waals surface area contributed by atoms with E-state index in [0.717, 1.165) is 5.01 Å². The molecule has 0 atom stereocenters. The fourth-order valence-electron chi connectivity index (χ4n) is 1.40. The number of pyridine rings is 1. The van der Waals surface area contributed by atoms with Gasteiger partial charge in [0.25, 0.3) is 0 Å². The third-order valence-electron chi connectivity index (χ3n) is 2.30. The molecule has 19 heavy (non-hydrogen) atoms. The number of hydrazine groups is 1. The van der Waals surface area contributed by atoms with Crippen LogP contribution in [0.2, 0.25) is 0 Å². The van der Waals surface area contributed by atoms with Crippen molar-refractivity contribution in [2.24, 2.45) is 5.84 Å². The Bertz CT molecular complexity index is 668. The molecule has 0 fully saturated rings. The number of aromatic nitrogens is 2. The Morgan fingerprint density at radius 2 is 2.26 bits per heavy atom. The first-order valence-corrected chi connectivity index (χ1v) is 7.71. The Morgan fingerprint density at radius 3 is 2.89 bits per heavy atom.